The summed E-state index contributed by atoms with van der Waals surface area (Å²) < 4.78 is 0. The van der Waals surface area contributed by atoms with E-state index >= 15 is 0 Å². The molecule has 0 aliphatic carbocycles. The lowest BCUT2D eigenvalue weighted by Crippen LogP contribution is -2.26. The molecule has 1 rings (SSSR count). The minimum Gasteiger partial charge on any atom is -0.480 e. The van der Waals surface area contributed by atoms with Crippen LogP contribution < -0.4 is 5.32 Å². The van der Waals surface area contributed by atoms with E-state index < -0.39 is 12.0 Å². The van der Waals surface area contributed by atoms with E-state index in [0.29, 0.717) is 11.7 Å². The van der Waals surface area contributed by atoms with E-state index in [1.165, 1.54) is 6.33 Å². The average Bonchev–Trinajstić information content (AvgIpc) is 2.31. The number of nitrogens with zero attached hydrogens (tertiary/aromatic N) is 2. The lowest BCUT2D eigenvalue weighted by molar-refractivity contribution is -0.137. The molecule has 5 nitrogen and oxygen atoms in total. The van der Waals surface area contributed by atoms with Crippen molar-refractivity contribution in [3.63, 3.8) is 0 Å². The maximum atomic E-state index is 10.7. The zero-order valence-electron chi connectivity index (χ0n) is 10.5. The van der Waals surface area contributed by atoms with Gasteiger partial charge in [0.15, 0.2) is 0 Å². The molecule has 0 aromatic carbocycles. The van der Waals surface area contributed by atoms with Crippen molar-refractivity contribution >= 4 is 11.8 Å². The first-order chi connectivity index (χ1) is 8.08. The van der Waals surface area contributed by atoms with Crippen LogP contribution in [-0.2, 0) is 4.79 Å². The molecule has 0 fully saturated rings. The van der Waals surface area contributed by atoms with E-state index in [4.69, 9.17) is 5.11 Å². The molecule has 0 amide bonds. The van der Waals surface area contributed by atoms with Crippen LogP contribution in [0.5, 0.6) is 0 Å². The van der Waals surface area contributed by atoms with Crippen molar-refractivity contribution < 1.29 is 9.90 Å². The molecule has 94 valence electrons. The SMILES string of the molecule is CCC(CC)c1cc(NC(C)C(=O)O)ncn1. The first kappa shape index (κ1) is 13.4. The monoisotopic (exact) mass is 237 g/mol. The third-order valence-corrected chi connectivity index (χ3v) is 2.83. The fourth-order valence-electron chi connectivity index (χ4n) is 1.67. The highest BCUT2D eigenvalue weighted by Gasteiger charge is 2.13. The highest BCUT2D eigenvalue weighted by molar-refractivity contribution is 5.76. The van der Waals surface area contributed by atoms with Crippen LogP contribution >= 0.6 is 0 Å². The summed E-state index contributed by atoms with van der Waals surface area (Å²) >= 11 is 0. The Morgan fingerprint density at radius 2 is 2.06 bits per heavy atom. The first-order valence-corrected chi connectivity index (χ1v) is 5.89. The number of anilines is 1. The molecule has 0 saturated heterocycles. The molecule has 0 saturated carbocycles. The molecule has 1 aromatic heterocycles. The second-order valence-corrected chi connectivity index (χ2v) is 4.05. The molecule has 2 N–H and O–H groups in total. The van der Waals surface area contributed by atoms with Crippen LogP contribution in [0.15, 0.2) is 12.4 Å². The predicted octanol–water partition coefficient (Wildman–Crippen LogP) is 2.27. The van der Waals surface area contributed by atoms with Crippen LogP contribution in [0.1, 0.15) is 45.2 Å². The van der Waals surface area contributed by atoms with Gasteiger partial charge in [0.2, 0.25) is 0 Å². The van der Waals surface area contributed by atoms with Gasteiger partial charge in [0.1, 0.15) is 18.2 Å². The summed E-state index contributed by atoms with van der Waals surface area (Å²) in [7, 11) is 0. The molecule has 5 heteroatoms. The van der Waals surface area contributed by atoms with Crippen molar-refractivity contribution in [3.8, 4) is 0 Å². The molecular weight excluding hydrogens is 218 g/mol. The molecule has 0 bridgehead atoms. The number of hydrogen-bond donors (Lipinski definition) is 2. The second-order valence-electron chi connectivity index (χ2n) is 4.05. The predicted molar refractivity (Wildman–Crippen MR) is 66.1 cm³/mol. The average molecular weight is 237 g/mol. The Bertz CT molecular complexity index is 378. The van der Waals surface area contributed by atoms with Crippen LogP contribution in [-0.4, -0.2) is 27.1 Å². The Kier molecular flexibility index (Phi) is 4.87. The van der Waals surface area contributed by atoms with Crippen LogP contribution in [0.2, 0.25) is 0 Å². The lowest BCUT2D eigenvalue weighted by atomic mass is 9.99. The normalized spacial score (nSPS) is 12.5. The van der Waals surface area contributed by atoms with Crippen LogP contribution in [0.25, 0.3) is 0 Å². The van der Waals surface area contributed by atoms with Gasteiger partial charge in [0.25, 0.3) is 0 Å². The van der Waals surface area contributed by atoms with Crippen LogP contribution in [0.3, 0.4) is 0 Å². The molecule has 1 unspecified atom stereocenters. The van der Waals surface area contributed by atoms with Crippen molar-refractivity contribution in [2.75, 3.05) is 5.32 Å². The van der Waals surface area contributed by atoms with Crippen molar-refractivity contribution in [1.29, 1.82) is 0 Å². The molecule has 0 aliphatic rings. The van der Waals surface area contributed by atoms with Gasteiger partial charge in [0, 0.05) is 17.7 Å². The number of carboxylic acid groups (broad SMARTS) is 1. The maximum Gasteiger partial charge on any atom is 0.325 e. The van der Waals surface area contributed by atoms with Crippen molar-refractivity contribution in [2.45, 2.75) is 45.6 Å². The maximum absolute atomic E-state index is 10.7. The lowest BCUT2D eigenvalue weighted by Gasteiger charge is -2.14. The number of nitrogens with one attached hydrogen (secondary N) is 1. The highest BCUT2D eigenvalue weighted by Crippen LogP contribution is 2.22. The summed E-state index contributed by atoms with van der Waals surface area (Å²) in [6.45, 7) is 5.81. The molecular formula is C12H19N3O2. The molecule has 0 radical (unpaired) electrons. The Hall–Kier alpha value is -1.65. The quantitative estimate of drug-likeness (QED) is 0.793. The van der Waals surface area contributed by atoms with Crippen molar-refractivity contribution in [1.82, 2.24) is 9.97 Å². The van der Waals surface area contributed by atoms with E-state index in [0.717, 1.165) is 18.5 Å². The third kappa shape index (κ3) is 3.69. The Labute approximate surface area is 101 Å². The van der Waals surface area contributed by atoms with Gasteiger partial charge in [-0.3, -0.25) is 4.79 Å². The largest absolute Gasteiger partial charge is 0.480 e. The highest BCUT2D eigenvalue weighted by atomic mass is 16.4. The number of aromatic nitrogens is 2. The van der Waals surface area contributed by atoms with E-state index in [-0.39, 0.29) is 0 Å². The Balaban J connectivity index is 2.82. The second kappa shape index (κ2) is 6.18. The van der Waals surface area contributed by atoms with Crippen LogP contribution in [0.4, 0.5) is 5.82 Å². The fraction of sp³-hybridized carbons (Fsp3) is 0.583. The van der Waals surface area contributed by atoms with E-state index in [9.17, 15) is 4.79 Å². The minimum absolute atomic E-state index is 0.402. The van der Waals surface area contributed by atoms with Gasteiger partial charge in [-0.1, -0.05) is 13.8 Å². The van der Waals surface area contributed by atoms with Gasteiger partial charge in [-0.25, -0.2) is 9.97 Å². The summed E-state index contributed by atoms with van der Waals surface area (Å²) in [5.74, 6) is 0.0724. The van der Waals surface area contributed by atoms with E-state index in [2.05, 4.69) is 29.1 Å². The summed E-state index contributed by atoms with van der Waals surface area (Å²) in [6.07, 6.45) is 3.51. The molecule has 1 atom stereocenters. The summed E-state index contributed by atoms with van der Waals surface area (Å²) in [5, 5.41) is 11.6. The van der Waals surface area contributed by atoms with Gasteiger partial charge in [-0.05, 0) is 19.8 Å². The fourth-order valence-corrected chi connectivity index (χ4v) is 1.67. The molecule has 1 aromatic rings. The summed E-state index contributed by atoms with van der Waals surface area (Å²) in [6, 6.07) is 1.18. The summed E-state index contributed by atoms with van der Waals surface area (Å²) in [4.78, 5) is 19.0. The van der Waals surface area contributed by atoms with Gasteiger partial charge < -0.3 is 10.4 Å². The Morgan fingerprint density at radius 1 is 1.41 bits per heavy atom. The number of aliphatic carboxylic acids is 1. The zero-order valence-corrected chi connectivity index (χ0v) is 10.5. The van der Waals surface area contributed by atoms with Gasteiger partial charge >= 0.3 is 5.97 Å². The number of hydrogen-bond acceptors (Lipinski definition) is 4. The van der Waals surface area contributed by atoms with Crippen molar-refractivity contribution in [2.24, 2.45) is 0 Å². The first-order valence-electron chi connectivity index (χ1n) is 5.89. The standard InChI is InChI=1S/C12H19N3O2/c1-4-9(5-2)10-6-11(14-7-13-10)15-8(3)12(16)17/h6-9H,4-5H2,1-3H3,(H,16,17)(H,13,14,15). The zero-order chi connectivity index (χ0) is 12.8. The number of rotatable bonds is 6. The minimum atomic E-state index is -0.896. The number of carbonyl (C=O) groups is 1. The number of carboxylic acids is 1. The Morgan fingerprint density at radius 3 is 2.59 bits per heavy atom. The van der Waals surface area contributed by atoms with Gasteiger partial charge in [-0.2, -0.15) is 0 Å². The molecule has 0 spiro atoms. The smallest absolute Gasteiger partial charge is 0.325 e. The van der Waals surface area contributed by atoms with Gasteiger partial charge in [0.05, 0.1) is 0 Å². The molecule has 17 heavy (non-hydrogen) atoms. The topological polar surface area (TPSA) is 75.1 Å². The third-order valence-electron chi connectivity index (χ3n) is 2.83. The van der Waals surface area contributed by atoms with Gasteiger partial charge in [-0.15, -0.1) is 0 Å². The van der Waals surface area contributed by atoms with Crippen LogP contribution in [0, 0.1) is 0 Å². The van der Waals surface area contributed by atoms with E-state index in [1.807, 2.05) is 6.07 Å². The summed E-state index contributed by atoms with van der Waals surface area (Å²) in [5.41, 5.74) is 0.963. The van der Waals surface area contributed by atoms with Crippen molar-refractivity contribution in [3.05, 3.63) is 18.1 Å². The molecule has 0 aliphatic heterocycles. The molecule has 1 heterocycles. The van der Waals surface area contributed by atoms with E-state index in [1.54, 1.807) is 6.92 Å².